The molecule has 0 spiro atoms. The lowest BCUT2D eigenvalue weighted by Crippen LogP contribution is -2.39. The topological polar surface area (TPSA) is 30.5 Å². The van der Waals surface area contributed by atoms with Crippen LogP contribution in [0.5, 0.6) is 5.75 Å². The van der Waals surface area contributed by atoms with Gasteiger partial charge in [-0.3, -0.25) is 0 Å². The fourth-order valence-electron chi connectivity index (χ4n) is 3.95. The van der Waals surface area contributed by atoms with Gasteiger partial charge in [-0.05, 0) is 67.2 Å². The first-order chi connectivity index (χ1) is 12.4. The summed E-state index contributed by atoms with van der Waals surface area (Å²) >= 11 is 0. The van der Waals surface area contributed by atoms with Crippen LogP contribution in [0.15, 0.2) is 24.3 Å². The molecule has 0 bridgehead atoms. The molecule has 1 N–H and O–H groups in total. The number of ether oxygens (including phenoxy) is 2. The van der Waals surface area contributed by atoms with Crippen LogP contribution >= 0.6 is 0 Å². The summed E-state index contributed by atoms with van der Waals surface area (Å²) in [7, 11) is 1.71. The molecule has 0 aromatic heterocycles. The van der Waals surface area contributed by atoms with Gasteiger partial charge in [0.15, 0.2) is 0 Å². The van der Waals surface area contributed by atoms with E-state index in [-0.39, 0.29) is 0 Å². The average Bonchev–Trinajstić information content (AvgIpc) is 2.64. The van der Waals surface area contributed by atoms with Crippen molar-refractivity contribution in [1.82, 2.24) is 5.32 Å². The third-order valence-corrected chi connectivity index (χ3v) is 5.91. The molecule has 148 valence electrons. The molecule has 0 saturated carbocycles. The predicted octanol–water partition coefficient (Wildman–Crippen LogP) is 5.43. The molecule has 2 atom stereocenters. The van der Waals surface area contributed by atoms with Gasteiger partial charge in [0, 0.05) is 13.2 Å². The lowest BCUT2D eigenvalue weighted by atomic mass is 9.69. The standard InChI is InChI=1S/C23H39NO2/c1-18(2)10-11-23(13-15-26-22(16-23)19(3)4)12-14-24-17-20-6-8-21(25-5)9-7-20/h6-9,18-19,22,24H,10-17H2,1-5H3/t22-,23-/m0/s1. The summed E-state index contributed by atoms with van der Waals surface area (Å²) in [6.45, 7) is 12.2. The van der Waals surface area contributed by atoms with Crippen molar-refractivity contribution in [1.29, 1.82) is 0 Å². The first-order valence-electron chi connectivity index (χ1n) is 10.4. The fourth-order valence-corrected chi connectivity index (χ4v) is 3.95. The summed E-state index contributed by atoms with van der Waals surface area (Å²) in [5, 5.41) is 3.66. The van der Waals surface area contributed by atoms with Crippen molar-refractivity contribution < 1.29 is 9.47 Å². The highest BCUT2D eigenvalue weighted by molar-refractivity contribution is 5.26. The first-order valence-corrected chi connectivity index (χ1v) is 10.4. The van der Waals surface area contributed by atoms with Crippen molar-refractivity contribution in [2.24, 2.45) is 17.3 Å². The van der Waals surface area contributed by atoms with Gasteiger partial charge >= 0.3 is 0 Å². The molecule has 0 amide bonds. The van der Waals surface area contributed by atoms with Crippen molar-refractivity contribution in [3.63, 3.8) is 0 Å². The highest BCUT2D eigenvalue weighted by atomic mass is 16.5. The Bertz CT molecular complexity index is 511. The molecule has 26 heavy (non-hydrogen) atoms. The number of hydrogen-bond donors (Lipinski definition) is 1. The van der Waals surface area contributed by atoms with Gasteiger partial charge in [0.25, 0.3) is 0 Å². The second-order valence-electron chi connectivity index (χ2n) is 8.81. The van der Waals surface area contributed by atoms with Crippen molar-refractivity contribution in [2.45, 2.75) is 72.4 Å². The molecule has 3 nitrogen and oxygen atoms in total. The summed E-state index contributed by atoms with van der Waals surface area (Å²) in [6, 6.07) is 8.35. The van der Waals surface area contributed by atoms with E-state index in [2.05, 4.69) is 45.1 Å². The maximum atomic E-state index is 6.07. The van der Waals surface area contributed by atoms with Gasteiger partial charge in [-0.1, -0.05) is 46.2 Å². The Balaban J connectivity index is 1.87. The zero-order valence-corrected chi connectivity index (χ0v) is 17.5. The summed E-state index contributed by atoms with van der Waals surface area (Å²) in [5.74, 6) is 2.31. The highest BCUT2D eigenvalue weighted by Crippen LogP contribution is 2.43. The van der Waals surface area contributed by atoms with Crippen LogP contribution in [0.4, 0.5) is 0 Å². The largest absolute Gasteiger partial charge is 0.497 e. The minimum absolute atomic E-state index is 0.428. The van der Waals surface area contributed by atoms with E-state index >= 15 is 0 Å². The lowest BCUT2D eigenvalue weighted by molar-refractivity contribution is -0.0761. The zero-order chi connectivity index (χ0) is 19.0. The average molecular weight is 362 g/mol. The van der Waals surface area contributed by atoms with Crippen LogP contribution in [-0.2, 0) is 11.3 Å². The van der Waals surface area contributed by atoms with Gasteiger partial charge in [0.2, 0.25) is 0 Å². The van der Waals surface area contributed by atoms with Crippen LogP contribution in [0.3, 0.4) is 0 Å². The van der Waals surface area contributed by atoms with Gasteiger partial charge in [-0.25, -0.2) is 0 Å². The quantitative estimate of drug-likeness (QED) is 0.563. The Morgan fingerprint density at radius 2 is 1.88 bits per heavy atom. The Labute approximate surface area is 160 Å². The number of methoxy groups -OCH3 is 1. The van der Waals surface area contributed by atoms with Crippen LogP contribution in [0.1, 0.15) is 65.4 Å². The molecule has 1 aromatic carbocycles. The third kappa shape index (κ3) is 6.59. The number of benzene rings is 1. The summed E-state index contributed by atoms with van der Waals surface area (Å²) in [4.78, 5) is 0. The highest BCUT2D eigenvalue weighted by Gasteiger charge is 2.37. The maximum absolute atomic E-state index is 6.07. The molecule has 3 heteroatoms. The number of nitrogens with one attached hydrogen (secondary N) is 1. The van der Waals surface area contributed by atoms with E-state index in [1.165, 1.54) is 37.7 Å². The predicted molar refractivity (Wildman–Crippen MR) is 110 cm³/mol. The third-order valence-electron chi connectivity index (χ3n) is 5.91. The number of hydrogen-bond acceptors (Lipinski definition) is 3. The monoisotopic (exact) mass is 361 g/mol. The molecule has 1 heterocycles. The molecular weight excluding hydrogens is 322 g/mol. The molecular formula is C23H39NO2. The van der Waals surface area contributed by atoms with Gasteiger partial charge in [0.05, 0.1) is 13.2 Å². The van der Waals surface area contributed by atoms with Crippen molar-refractivity contribution >= 4 is 0 Å². The van der Waals surface area contributed by atoms with Crippen molar-refractivity contribution in [2.75, 3.05) is 20.3 Å². The summed E-state index contributed by atoms with van der Waals surface area (Å²) in [5.41, 5.74) is 1.76. The Kier molecular flexibility index (Phi) is 8.43. The lowest BCUT2D eigenvalue weighted by Gasteiger charge is -2.43. The van der Waals surface area contributed by atoms with E-state index < -0.39 is 0 Å². The van der Waals surface area contributed by atoms with E-state index in [0.29, 0.717) is 17.4 Å². The molecule has 0 unspecified atom stereocenters. The SMILES string of the molecule is COc1ccc(CNCC[C@@]2(CCC(C)C)CCO[C@H](C(C)C)C2)cc1. The van der Waals surface area contributed by atoms with Crippen LogP contribution in [0.2, 0.25) is 0 Å². The smallest absolute Gasteiger partial charge is 0.118 e. The zero-order valence-electron chi connectivity index (χ0n) is 17.5. The van der Waals surface area contributed by atoms with E-state index in [9.17, 15) is 0 Å². The van der Waals surface area contributed by atoms with Crippen LogP contribution in [0, 0.1) is 17.3 Å². The molecule has 1 aliphatic heterocycles. The number of rotatable bonds is 10. The molecule has 1 aromatic rings. The fraction of sp³-hybridized carbons (Fsp3) is 0.739. The Hall–Kier alpha value is -1.06. The molecule has 1 aliphatic rings. The molecule has 1 fully saturated rings. The van der Waals surface area contributed by atoms with Crippen molar-refractivity contribution in [3.8, 4) is 5.75 Å². The van der Waals surface area contributed by atoms with Crippen LogP contribution < -0.4 is 10.1 Å². The second-order valence-corrected chi connectivity index (χ2v) is 8.81. The van der Waals surface area contributed by atoms with Crippen molar-refractivity contribution in [3.05, 3.63) is 29.8 Å². The maximum Gasteiger partial charge on any atom is 0.118 e. The van der Waals surface area contributed by atoms with Gasteiger partial charge in [-0.15, -0.1) is 0 Å². The van der Waals surface area contributed by atoms with E-state index in [1.807, 2.05) is 12.1 Å². The summed E-state index contributed by atoms with van der Waals surface area (Å²) < 4.78 is 11.3. The first kappa shape index (κ1) is 21.2. The minimum Gasteiger partial charge on any atom is -0.497 e. The van der Waals surface area contributed by atoms with Crippen LogP contribution in [-0.4, -0.2) is 26.4 Å². The summed E-state index contributed by atoms with van der Waals surface area (Å²) in [6.07, 6.45) is 6.78. The normalized spacial score (nSPS) is 23.6. The van der Waals surface area contributed by atoms with Gasteiger partial charge in [-0.2, -0.15) is 0 Å². The molecule has 1 saturated heterocycles. The van der Waals surface area contributed by atoms with E-state index in [4.69, 9.17) is 9.47 Å². The van der Waals surface area contributed by atoms with E-state index in [0.717, 1.165) is 31.4 Å². The van der Waals surface area contributed by atoms with Gasteiger partial charge in [0.1, 0.15) is 5.75 Å². The second kappa shape index (κ2) is 10.3. The molecule has 0 aliphatic carbocycles. The van der Waals surface area contributed by atoms with E-state index in [1.54, 1.807) is 7.11 Å². The Morgan fingerprint density at radius 1 is 1.15 bits per heavy atom. The molecule has 2 rings (SSSR count). The minimum atomic E-state index is 0.428. The Morgan fingerprint density at radius 3 is 2.50 bits per heavy atom. The van der Waals surface area contributed by atoms with Gasteiger partial charge < -0.3 is 14.8 Å². The van der Waals surface area contributed by atoms with Crippen LogP contribution in [0.25, 0.3) is 0 Å². The molecule has 0 radical (unpaired) electrons.